The number of nitrogens with two attached hydrogens (primary N) is 1. The minimum Gasteiger partial charge on any atom is -0.326 e. The van der Waals surface area contributed by atoms with Crippen molar-refractivity contribution in [2.24, 2.45) is 17.8 Å². The highest BCUT2D eigenvalue weighted by Gasteiger charge is 2.74. The van der Waals surface area contributed by atoms with Gasteiger partial charge in [0.25, 0.3) is 5.91 Å². The molecule has 3 heterocycles. The molecular formula is C20H23ClN3O3+. The number of amides is 3. The van der Waals surface area contributed by atoms with E-state index in [1.807, 2.05) is 11.4 Å². The Hall–Kier alpha value is -2.18. The zero-order valence-corrected chi connectivity index (χ0v) is 16.1. The van der Waals surface area contributed by atoms with E-state index >= 15 is 0 Å². The highest BCUT2D eigenvalue weighted by Crippen LogP contribution is 2.51. The topological polar surface area (TPSA) is 83.1 Å². The van der Waals surface area contributed by atoms with Gasteiger partial charge in [-0.15, -0.1) is 6.58 Å². The van der Waals surface area contributed by atoms with Gasteiger partial charge in [-0.1, -0.05) is 37.6 Å². The number of quaternary nitrogens is 1. The van der Waals surface area contributed by atoms with Crippen molar-refractivity contribution in [1.29, 1.82) is 0 Å². The number of carbonyl (C=O) groups excluding carboxylic acids is 3. The normalized spacial score (nSPS) is 31.6. The van der Waals surface area contributed by atoms with Crippen molar-refractivity contribution in [3.8, 4) is 0 Å². The van der Waals surface area contributed by atoms with Crippen LogP contribution in [-0.2, 0) is 19.9 Å². The first-order valence-corrected chi connectivity index (χ1v) is 9.63. The lowest BCUT2D eigenvalue weighted by molar-refractivity contribution is -0.734. The van der Waals surface area contributed by atoms with Gasteiger partial charge in [-0.2, -0.15) is 0 Å². The van der Waals surface area contributed by atoms with Crippen LogP contribution in [0.5, 0.6) is 0 Å². The van der Waals surface area contributed by atoms with E-state index in [1.54, 1.807) is 18.2 Å². The standard InChI is InChI=1S/C20H22ClN3O3/c1-4-8-24-17(25)14-13(9-10(2)3)23-20(15(14)18(24)26)11-6-5-7-12(21)16(11)22-19(20)27/h4-7,10,13-15,23H,1,8-9H2,2-3H3,(H,22,27)/p+1/t13-,14-,15+,20+/m0/s1. The second kappa shape index (κ2) is 6.17. The second-order valence-electron chi connectivity index (χ2n) is 8.02. The van der Waals surface area contributed by atoms with Crippen molar-refractivity contribution < 1.29 is 19.7 Å². The molecule has 3 N–H and O–H groups in total. The summed E-state index contributed by atoms with van der Waals surface area (Å²) in [6, 6.07) is 5.18. The third kappa shape index (κ3) is 2.33. The fourth-order valence-corrected chi connectivity index (χ4v) is 5.31. The van der Waals surface area contributed by atoms with E-state index in [4.69, 9.17) is 11.6 Å². The number of para-hydroxylation sites is 1. The average Bonchev–Trinajstić information content (AvgIpc) is 3.17. The molecule has 3 aliphatic rings. The molecule has 27 heavy (non-hydrogen) atoms. The molecule has 1 spiro atoms. The first-order chi connectivity index (χ1) is 12.8. The maximum absolute atomic E-state index is 13.2. The molecule has 2 fully saturated rings. The Morgan fingerprint density at radius 2 is 2.07 bits per heavy atom. The average molecular weight is 389 g/mol. The largest absolute Gasteiger partial charge is 0.326 e. The zero-order valence-electron chi connectivity index (χ0n) is 15.4. The third-order valence-corrected chi connectivity index (χ3v) is 6.31. The van der Waals surface area contributed by atoms with Crippen LogP contribution in [0.25, 0.3) is 0 Å². The van der Waals surface area contributed by atoms with Gasteiger partial charge in [-0.25, -0.2) is 0 Å². The molecule has 1 aromatic rings. The quantitative estimate of drug-likeness (QED) is 0.601. The van der Waals surface area contributed by atoms with Crippen molar-refractivity contribution in [3.05, 3.63) is 41.4 Å². The van der Waals surface area contributed by atoms with Crippen LogP contribution in [0, 0.1) is 17.8 Å². The van der Waals surface area contributed by atoms with Gasteiger partial charge in [0, 0.05) is 18.5 Å². The lowest BCUT2D eigenvalue weighted by Gasteiger charge is -2.26. The summed E-state index contributed by atoms with van der Waals surface area (Å²) in [6.07, 6.45) is 2.29. The Kier molecular flexibility index (Phi) is 4.16. The van der Waals surface area contributed by atoms with Crippen LogP contribution in [0.15, 0.2) is 30.9 Å². The van der Waals surface area contributed by atoms with Crippen molar-refractivity contribution in [2.45, 2.75) is 31.8 Å². The van der Waals surface area contributed by atoms with E-state index in [-0.39, 0.29) is 30.3 Å². The van der Waals surface area contributed by atoms with Gasteiger partial charge < -0.3 is 10.6 Å². The minimum absolute atomic E-state index is 0.142. The van der Waals surface area contributed by atoms with Crippen LogP contribution >= 0.6 is 11.6 Å². The molecule has 3 aliphatic heterocycles. The number of hydrogen-bond donors (Lipinski definition) is 2. The van der Waals surface area contributed by atoms with Crippen molar-refractivity contribution in [1.82, 2.24) is 4.90 Å². The lowest BCUT2D eigenvalue weighted by atomic mass is 9.76. The highest BCUT2D eigenvalue weighted by molar-refractivity contribution is 6.35. The number of anilines is 1. The Bertz CT molecular complexity index is 868. The summed E-state index contributed by atoms with van der Waals surface area (Å²) in [5, 5.41) is 5.25. The number of nitrogens with one attached hydrogen (secondary N) is 1. The summed E-state index contributed by atoms with van der Waals surface area (Å²) in [5.74, 6) is -1.68. The van der Waals surface area contributed by atoms with Gasteiger partial charge in [0.1, 0.15) is 17.9 Å². The summed E-state index contributed by atoms with van der Waals surface area (Å²) >= 11 is 6.30. The molecule has 2 saturated heterocycles. The van der Waals surface area contributed by atoms with Gasteiger partial charge in [-0.3, -0.25) is 19.3 Å². The summed E-state index contributed by atoms with van der Waals surface area (Å²) in [5.41, 5.74) is 0.0993. The first-order valence-electron chi connectivity index (χ1n) is 9.25. The number of nitrogens with zero attached hydrogens (tertiary/aromatic N) is 1. The molecule has 0 bridgehead atoms. The number of imide groups is 1. The van der Waals surface area contributed by atoms with E-state index in [0.29, 0.717) is 22.2 Å². The monoisotopic (exact) mass is 388 g/mol. The van der Waals surface area contributed by atoms with Crippen LogP contribution in [0.3, 0.4) is 0 Å². The molecule has 0 unspecified atom stereocenters. The van der Waals surface area contributed by atoms with Crippen LogP contribution in [-0.4, -0.2) is 35.2 Å². The number of rotatable bonds is 4. The smallest absolute Gasteiger partial charge is 0.291 e. The first kappa shape index (κ1) is 18.2. The van der Waals surface area contributed by atoms with E-state index in [1.165, 1.54) is 4.90 Å². The summed E-state index contributed by atoms with van der Waals surface area (Å²) < 4.78 is 0. The second-order valence-corrected chi connectivity index (χ2v) is 8.43. The minimum atomic E-state index is -1.15. The van der Waals surface area contributed by atoms with Gasteiger partial charge in [0.2, 0.25) is 17.4 Å². The molecular weight excluding hydrogens is 366 g/mol. The van der Waals surface area contributed by atoms with E-state index < -0.39 is 17.4 Å². The number of likely N-dealkylation sites (tertiary alicyclic amines) is 1. The molecule has 4 rings (SSSR count). The molecule has 7 heteroatoms. The Labute approximate surface area is 162 Å². The summed E-state index contributed by atoms with van der Waals surface area (Å²) in [4.78, 5) is 40.8. The van der Waals surface area contributed by atoms with Crippen LogP contribution in [0.4, 0.5) is 5.69 Å². The molecule has 0 radical (unpaired) electrons. The Balaban J connectivity index is 1.89. The molecule has 3 amide bonds. The van der Waals surface area contributed by atoms with Gasteiger partial charge in [0.05, 0.1) is 10.7 Å². The van der Waals surface area contributed by atoms with E-state index in [0.717, 1.165) is 6.42 Å². The third-order valence-electron chi connectivity index (χ3n) is 6.00. The molecule has 4 atom stereocenters. The lowest BCUT2D eigenvalue weighted by Crippen LogP contribution is -2.99. The highest BCUT2D eigenvalue weighted by atomic mass is 35.5. The van der Waals surface area contributed by atoms with Gasteiger partial charge in [0.15, 0.2) is 0 Å². The van der Waals surface area contributed by atoms with Crippen molar-refractivity contribution in [2.75, 3.05) is 11.9 Å². The number of carbonyl (C=O) groups is 3. The Morgan fingerprint density at radius 1 is 1.33 bits per heavy atom. The summed E-state index contributed by atoms with van der Waals surface area (Å²) in [6.45, 7) is 7.98. The fourth-order valence-electron chi connectivity index (χ4n) is 5.08. The Morgan fingerprint density at radius 3 is 2.74 bits per heavy atom. The maximum atomic E-state index is 13.2. The van der Waals surface area contributed by atoms with Crippen molar-refractivity contribution >= 4 is 35.0 Å². The number of benzene rings is 1. The van der Waals surface area contributed by atoms with Crippen LogP contribution in [0.2, 0.25) is 5.02 Å². The molecule has 142 valence electrons. The van der Waals surface area contributed by atoms with Gasteiger partial charge >= 0.3 is 0 Å². The van der Waals surface area contributed by atoms with E-state index in [9.17, 15) is 14.4 Å². The summed E-state index contributed by atoms with van der Waals surface area (Å²) in [7, 11) is 0. The van der Waals surface area contributed by atoms with Gasteiger partial charge in [-0.05, 0) is 18.1 Å². The van der Waals surface area contributed by atoms with E-state index in [2.05, 4.69) is 25.7 Å². The predicted molar refractivity (Wildman–Crippen MR) is 101 cm³/mol. The SMILES string of the molecule is C=CCN1C(=O)[C@H]2[C@H](CC(C)C)[NH2+][C@@]3(C(=O)Nc4c(Cl)cccc43)[C@H]2C1=O. The molecule has 0 saturated carbocycles. The molecule has 0 aromatic heterocycles. The predicted octanol–water partition coefficient (Wildman–Crippen LogP) is 1.27. The van der Waals surface area contributed by atoms with Crippen molar-refractivity contribution in [3.63, 3.8) is 0 Å². The molecule has 1 aromatic carbocycles. The van der Waals surface area contributed by atoms with Crippen LogP contribution in [0.1, 0.15) is 25.8 Å². The van der Waals surface area contributed by atoms with Crippen LogP contribution < -0.4 is 10.6 Å². The molecule has 6 nitrogen and oxygen atoms in total. The zero-order chi connectivity index (χ0) is 19.5. The maximum Gasteiger partial charge on any atom is 0.291 e. The number of fused-ring (bicyclic) bond motifs is 4. The molecule has 0 aliphatic carbocycles. The number of halogens is 1. The fraction of sp³-hybridized carbons (Fsp3) is 0.450. The number of hydrogen-bond acceptors (Lipinski definition) is 3.